The van der Waals surface area contributed by atoms with Crippen LogP contribution in [0, 0.1) is 0 Å². The number of nitrogens with zero attached hydrogens (tertiary/aromatic N) is 1. The summed E-state index contributed by atoms with van der Waals surface area (Å²) in [6.07, 6.45) is -0.411. The van der Waals surface area contributed by atoms with Gasteiger partial charge in [0.1, 0.15) is 5.75 Å². The molecule has 2 aromatic heterocycles. The third-order valence-corrected chi connectivity index (χ3v) is 4.88. The molecule has 9 heteroatoms. The monoisotopic (exact) mass is 423 g/mol. The van der Waals surface area contributed by atoms with Crippen LogP contribution in [0.15, 0.2) is 46.7 Å². The molecule has 0 aliphatic carbocycles. The third kappa shape index (κ3) is 5.60. The number of anilines is 2. The van der Waals surface area contributed by atoms with Crippen molar-refractivity contribution in [3.05, 3.63) is 57.8 Å². The fourth-order valence-electron chi connectivity index (χ4n) is 2.65. The van der Waals surface area contributed by atoms with Gasteiger partial charge in [-0.3, -0.25) is 4.79 Å². The molecule has 154 valence electrons. The molecule has 0 fully saturated rings. The van der Waals surface area contributed by atoms with E-state index >= 15 is 0 Å². The third-order valence-electron chi connectivity index (χ3n) is 4.13. The maximum Gasteiger partial charge on any atom is 0.420 e. The lowest BCUT2D eigenvalue weighted by Crippen LogP contribution is -2.10. The van der Waals surface area contributed by atoms with E-state index in [2.05, 4.69) is 15.3 Å². The molecule has 2 heterocycles. The predicted molar refractivity (Wildman–Crippen MR) is 108 cm³/mol. The highest BCUT2D eigenvalue weighted by atomic mass is 32.1. The zero-order chi connectivity index (χ0) is 20.9. The lowest BCUT2D eigenvalue weighted by atomic mass is 10.1. The highest BCUT2D eigenvalue weighted by Crippen LogP contribution is 2.39. The highest BCUT2D eigenvalue weighted by Gasteiger charge is 2.34. The maximum absolute atomic E-state index is 13.5. The first-order valence-electron chi connectivity index (χ1n) is 9.12. The Morgan fingerprint density at radius 3 is 2.72 bits per heavy atom. The van der Waals surface area contributed by atoms with Gasteiger partial charge in [0.2, 0.25) is 5.56 Å². The first-order valence-corrected chi connectivity index (χ1v) is 10.0. The number of ether oxygens (including phenoxy) is 1. The zero-order valence-corrected chi connectivity index (χ0v) is 16.5. The minimum Gasteiger partial charge on any atom is -0.493 e. The van der Waals surface area contributed by atoms with Crippen molar-refractivity contribution in [2.75, 3.05) is 11.9 Å². The first-order chi connectivity index (χ1) is 13.9. The number of aromatic nitrogens is 2. The lowest BCUT2D eigenvalue weighted by Gasteiger charge is -2.15. The predicted octanol–water partition coefficient (Wildman–Crippen LogP) is 5.83. The molecule has 5 nitrogen and oxygen atoms in total. The molecule has 3 aromatic rings. The molecule has 0 atom stereocenters. The number of hydrogen-bond acceptors (Lipinski definition) is 5. The molecule has 0 aliphatic rings. The number of nitrogens with one attached hydrogen (secondary N) is 2. The van der Waals surface area contributed by atoms with E-state index in [-0.39, 0.29) is 23.6 Å². The van der Waals surface area contributed by atoms with E-state index in [0.29, 0.717) is 22.8 Å². The average molecular weight is 423 g/mol. The van der Waals surface area contributed by atoms with Crippen LogP contribution in [0.4, 0.5) is 24.0 Å². The summed E-state index contributed by atoms with van der Waals surface area (Å²) in [7, 11) is 0. The van der Waals surface area contributed by atoms with E-state index in [1.165, 1.54) is 35.7 Å². The van der Waals surface area contributed by atoms with Gasteiger partial charge < -0.3 is 15.0 Å². The maximum atomic E-state index is 13.5. The lowest BCUT2D eigenvalue weighted by molar-refractivity contribution is -0.138. The van der Waals surface area contributed by atoms with Crippen LogP contribution in [0.25, 0.3) is 11.3 Å². The molecule has 1 aromatic carbocycles. The van der Waals surface area contributed by atoms with Gasteiger partial charge in [0.15, 0.2) is 5.13 Å². The summed E-state index contributed by atoms with van der Waals surface area (Å²) < 4.78 is 45.7. The van der Waals surface area contributed by atoms with E-state index in [0.717, 1.165) is 18.9 Å². The number of alkyl halides is 3. The largest absolute Gasteiger partial charge is 0.493 e. The fourth-order valence-corrected chi connectivity index (χ4v) is 3.39. The van der Waals surface area contributed by atoms with Gasteiger partial charge in [0.25, 0.3) is 0 Å². The molecule has 3 rings (SSSR count). The normalized spacial score (nSPS) is 11.4. The number of H-pyrrole nitrogens is 1. The van der Waals surface area contributed by atoms with Crippen molar-refractivity contribution in [3.8, 4) is 17.0 Å². The summed E-state index contributed by atoms with van der Waals surface area (Å²) in [6.45, 7) is 2.27. The van der Waals surface area contributed by atoms with Crippen LogP contribution in [0.5, 0.6) is 5.75 Å². The van der Waals surface area contributed by atoms with Gasteiger partial charge in [-0.05, 0) is 30.7 Å². The quantitative estimate of drug-likeness (QED) is 0.448. The number of pyridine rings is 1. The molecule has 0 saturated heterocycles. The van der Waals surface area contributed by atoms with Crippen molar-refractivity contribution in [2.45, 2.75) is 32.4 Å². The van der Waals surface area contributed by atoms with Crippen molar-refractivity contribution in [2.24, 2.45) is 0 Å². The van der Waals surface area contributed by atoms with Crippen LogP contribution in [0.1, 0.15) is 31.7 Å². The Balaban J connectivity index is 1.77. The molecule has 0 radical (unpaired) electrons. The first kappa shape index (κ1) is 20.9. The molecule has 29 heavy (non-hydrogen) atoms. The Morgan fingerprint density at radius 2 is 2.03 bits per heavy atom. The van der Waals surface area contributed by atoms with Crippen LogP contribution in [-0.4, -0.2) is 16.6 Å². The number of thiazole rings is 1. The number of hydrogen-bond donors (Lipinski definition) is 2. The van der Waals surface area contributed by atoms with Crippen molar-refractivity contribution in [3.63, 3.8) is 0 Å². The average Bonchev–Trinajstić information content (AvgIpc) is 3.14. The zero-order valence-electron chi connectivity index (χ0n) is 15.7. The van der Waals surface area contributed by atoms with E-state index < -0.39 is 11.7 Å². The smallest absolute Gasteiger partial charge is 0.420 e. The molecular formula is C20H20F3N3O2S. The molecule has 0 aliphatic heterocycles. The van der Waals surface area contributed by atoms with Crippen LogP contribution >= 0.6 is 11.3 Å². The summed E-state index contributed by atoms with van der Waals surface area (Å²) in [4.78, 5) is 18.1. The van der Waals surface area contributed by atoms with Gasteiger partial charge in [-0.25, -0.2) is 4.98 Å². The topological polar surface area (TPSA) is 67.0 Å². The molecule has 0 spiro atoms. The van der Waals surface area contributed by atoms with Gasteiger partial charge in [0.05, 0.1) is 17.9 Å². The van der Waals surface area contributed by atoms with Gasteiger partial charge >= 0.3 is 6.18 Å². The Labute approximate surface area is 169 Å². The van der Waals surface area contributed by atoms with Crippen molar-refractivity contribution >= 4 is 22.2 Å². The molecule has 0 amide bonds. The van der Waals surface area contributed by atoms with Crippen molar-refractivity contribution in [1.29, 1.82) is 0 Å². The highest BCUT2D eigenvalue weighted by molar-refractivity contribution is 7.14. The summed E-state index contributed by atoms with van der Waals surface area (Å²) in [5.74, 6) is -0.174. The molecule has 2 N–H and O–H groups in total. The van der Waals surface area contributed by atoms with E-state index in [9.17, 15) is 18.0 Å². The summed E-state index contributed by atoms with van der Waals surface area (Å²) in [6, 6.07) is 6.90. The second-order valence-electron chi connectivity index (χ2n) is 6.37. The Morgan fingerprint density at radius 1 is 1.21 bits per heavy atom. The van der Waals surface area contributed by atoms with Crippen LogP contribution in [0.2, 0.25) is 0 Å². The fraction of sp³-hybridized carbons (Fsp3) is 0.300. The standard InChI is InChI=1S/C20H20F3N3O2S/c1-2-3-4-9-28-17-7-6-14(10-15(17)20(21,22)23)25-19-26-16(12-29-19)13-5-8-18(27)24-11-13/h5-8,10-12H,2-4,9H2,1H3,(H,24,27)(H,25,26). The van der Waals surface area contributed by atoms with Crippen LogP contribution in [-0.2, 0) is 6.18 Å². The van der Waals surface area contributed by atoms with E-state index in [1.54, 1.807) is 11.4 Å². The van der Waals surface area contributed by atoms with Crippen molar-refractivity contribution < 1.29 is 17.9 Å². The van der Waals surface area contributed by atoms with Gasteiger partial charge in [-0.2, -0.15) is 13.2 Å². The second-order valence-corrected chi connectivity index (χ2v) is 7.23. The second kappa shape index (κ2) is 9.13. The Kier molecular flexibility index (Phi) is 6.58. The number of benzene rings is 1. The Hall–Kier alpha value is -2.81. The van der Waals surface area contributed by atoms with Crippen molar-refractivity contribution in [1.82, 2.24) is 9.97 Å². The molecule has 0 unspecified atom stereocenters. The number of rotatable bonds is 8. The van der Waals surface area contributed by atoms with Gasteiger partial charge in [-0.1, -0.05) is 19.8 Å². The Bertz CT molecular complexity index is 994. The number of unbranched alkanes of at least 4 members (excludes halogenated alkanes) is 2. The van der Waals surface area contributed by atoms with E-state index in [1.807, 2.05) is 6.92 Å². The summed E-state index contributed by atoms with van der Waals surface area (Å²) >= 11 is 1.25. The molecule has 0 saturated carbocycles. The minimum atomic E-state index is -4.53. The van der Waals surface area contributed by atoms with Crippen LogP contribution in [0.3, 0.4) is 0 Å². The summed E-state index contributed by atoms with van der Waals surface area (Å²) in [5.41, 5.74) is 0.539. The minimum absolute atomic E-state index is 0.174. The number of aromatic amines is 1. The van der Waals surface area contributed by atoms with Gasteiger partial charge in [0, 0.05) is 28.9 Å². The van der Waals surface area contributed by atoms with Gasteiger partial charge in [-0.15, -0.1) is 11.3 Å². The summed E-state index contributed by atoms with van der Waals surface area (Å²) in [5, 5.41) is 5.10. The SMILES string of the molecule is CCCCCOc1ccc(Nc2nc(-c3ccc(=O)[nH]c3)cs2)cc1C(F)(F)F. The van der Waals surface area contributed by atoms with Crippen LogP contribution < -0.4 is 15.6 Å². The number of halogens is 3. The molecule has 0 bridgehead atoms. The van der Waals surface area contributed by atoms with E-state index in [4.69, 9.17) is 4.74 Å². The molecular weight excluding hydrogens is 403 g/mol.